The van der Waals surface area contributed by atoms with Gasteiger partial charge in [0.25, 0.3) is 0 Å². The number of aromatic hydroxyl groups is 1. The normalized spacial score (nSPS) is 11.8. The molecular weight excluding hydrogens is 394 g/mol. The number of hydrogen-bond acceptors (Lipinski definition) is 6. The second kappa shape index (κ2) is 12.5. The average Bonchev–Trinajstić information content (AvgIpc) is 2.76. The van der Waals surface area contributed by atoms with Crippen molar-refractivity contribution in [2.45, 2.75) is 39.5 Å². The van der Waals surface area contributed by atoms with Crippen molar-refractivity contribution in [1.29, 1.82) is 10.7 Å². The van der Waals surface area contributed by atoms with Crippen molar-refractivity contribution >= 4 is 33.9 Å². The van der Waals surface area contributed by atoms with E-state index in [0.717, 1.165) is 41.6 Å². The molecule has 0 saturated heterocycles. The Labute approximate surface area is 182 Å². The van der Waals surface area contributed by atoms with E-state index < -0.39 is 0 Å². The number of nitriles is 1. The molecular formula is C23H27N5OS. The van der Waals surface area contributed by atoms with Crippen molar-refractivity contribution in [1.82, 2.24) is 0 Å². The predicted molar refractivity (Wildman–Crippen MR) is 125 cm³/mol. The largest absolute Gasteiger partial charge is 0.508 e. The summed E-state index contributed by atoms with van der Waals surface area (Å²) in [6, 6.07) is 16.3. The predicted octanol–water partition coefficient (Wildman–Crippen LogP) is 7.09. The highest BCUT2D eigenvalue weighted by molar-refractivity contribution is 8.17. The van der Waals surface area contributed by atoms with E-state index in [4.69, 9.17) is 5.41 Å². The van der Waals surface area contributed by atoms with Crippen molar-refractivity contribution in [3.63, 3.8) is 0 Å². The first-order valence-corrected chi connectivity index (χ1v) is 10.8. The van der Waals surface area contributed by atoms with E-state index in [9.17, 15) is 10.4 Å². The van der Waals surface area contributed by atoms with Crippen LogP contribution in [-0.2, 0) is 0 Å². The van der Waals surface area contributed by atoms with Gasteiger partial charge in [0.2, 0.25) is 5.17 Å². The molecule has 0 radical (unpaired) electrons. The van der Waals surface area contributed by atoms with Crippen LogP contribution >= 0.6 is 11.8 Å². The lowest BCUT2D eigenvalue weighted by Crippen LogP contribution is -2.00. The van der Waals surface area contributed by atoms with Gasteiger partial charge >= 0.3 is 0 Å². The van der Waals surface area contributed by atoms with Crippen molar-refractivity contribution in [3.05, 3.63) is 59.0 Å². The van der Waals surface area contributed by atoms with E-state index in [0.29, 0.717) is 10.6 Å². The number of azo groups is 1. The highest BCUT2D eigenvalue weighted by Gasteiger charge is 2.09. The summed E-state index contributed by atoms with van der Waals surface area (Å²) in [7, 11) is 0. The van der Waals surface area contributed by atoms with Gasteiger partial charge in [-0.25, -0.2) is 0 Å². The molecule has 2 aromatic carbocycles. The summed E-state index contributed by atoms with van der Waals surface area (Å²) in [5.41, 5.74) is 3.21. The minimum atomic E-state index is -0.0668. The molecule has 7 heteroatoms. The molecule has 0 aliphatic carbocycles. The number of nitrogens with zero attached hydrogens (tertiary/aromatic N) is 3. The molecule has 2 aromatic rings. The number of phenols is 1. The third kappa shape index (κ3) is 7.72. The topological polar surface area (TPSA) is 105 Å². The molecule has 3 N–H and O–H groups in total. The van der Waals surface area contributed by atoms with Crippen LogP contribution in [0.25, 0.3) is 5.57 Å². The minimum Gasteiger partial charge on any atom is -0.508 e. The fourth-order valence-electron chi connectivity index (χ4n) is 2.68. The highest BCUT2D eigenvalue weighted by Crippen LogP contribution is 2.28. The zero-order valence-electron chi connectivity index (χ0n) is 17.4. The molecule has 0 aromatic heterocycles. The SMILES string of the molecule is CCCCCCNc1ccc(N=NC(=N)S/C(C#N)=C(\C)c2ccc(O)cc2)cc1. The van der Waals surface area contributed by atoms with E-state index in [1.165, 1.54) is 19.3 Å². The number of phenolic OH excluding ortho intramolecular Hbond substituents is 1. The summed E-state index contributed by atoms with van der Waals surface area (Å²) in [6.45, 7) is 4.95. The Balaban J connectivity index is 1.92. The molecule has 0 spiro atoms. The summed E-state index contributed by atoms with van der Waals surface area (Å²) in [6.07, 6.45) is 4.89. The zero-order valence-corrected chi connectivity index (χ0v) is 18.2. The Hall–Kier alpha value is -3.11. The van der Waals surface area contributed by atoms with Crippen molar-refractivity contribution < 1.29 is 5.11 Å². The van der Waals surface area contributed by atoms with E-state index in [2.05, 4.69) is 28.5 Å². The Morgan fingerprint density at radius 2 is 1.80 bits per heavy atom. The number of allylic oxidation sites excluding steroid dienone is 2. The molecule has 0 bridgehead atoms. The minimum absolute atomic E-state index is 0.0668. The van der Waals surface area contributed by atoms with E-state index in [-0.39, 0.29) is 10.9 Å². The standard InChI is InChI=1S/C23H27N5OS/c1-3-4-5-6-15-26-19-9-11-20(12-10-19)27-28-23(25)30-22(16-24)17(2)18-7-13-21(29)14-8-18/h7-14,25-26,29H,3-6,15H2,1-2H3/b22-17+,25-23?,28-27?. The molecule has 6 nitrogen and oxygen atoms in total. The second-order valence-electron chi connectivity index (χ2n) is 6.75. The number of rotatable bonds is 9. The maximum absolute atomic E-state index is 9.44. The van der Waals surface area contributed by atoms with E-state index in [1.807, 2.05) is 24.3 Å². The first-order valence-electron chi connectivity index (χ1n) is 9.96. The molecule has 0 unspecified atom stereocenters. The van der Waals surface area contributed by atoms with Gasteiger partial charge < -0.3 is 10.4 Å². The van der Waals surface area contributed by atoms with Gasteiger partial charge in [0.15, 0.2) is 0 Å². The number of anilines is 1. The smallest absolute Gasteiger partial charge is 0.207 e. The number of hydrogen-bond donors (Lipinski definition) is 3. The van der Waals surface area contributed by atoms with Crippen molar-refractivity contribution in [3.8, 4) is 11.8 Å². The van der Waals surface area contributed by atoms with Crippen LogP contribution in [0.15, 0.2) is 63.7 Å². The van der Waals surface area contributed by atoms with Crippen LogP contribution in [0, 0.1) is 16.7 Å². The summed E-state index contributed by atoms with van der Waals surface area (Å²) < 4.78 is 0. The number of thioether (sulfide) groups is 1. The molecule has 156 valence electrons. The van der Waals surface area contributed by atoms with Gasteiger partial charge in [0, 0.05) is 12.2 Å². The number of nitrogens with one attached hydrogen (secondary N) is 2. The fourth-order valence-corrected chi connectivity index (χ4v) is 3.27. The van der Waals surface area contributed by atoms with Gasteiger partial charge in [-0.1, -0.05) is 38.3 Å². The third-order valence-electron chi connectivity index (χ3n) is 4.42. The fraction of sp³-hybridized carbons (Fsp3) is 0.304. The Morgan fingerprint density at radius 3 is 2.43 bits per heavy atom. The molecule has 0 aliphatic rings. The zero-order chi connectivity index (χ0) is 21.8. The van der Waals surface area contributed by atoms with Crippen LogP contribution in [0.2, 0.25) is 0 Å². The molecule has 0 aliphatic heterocycles. The highest BCUT2D eigenvalue weighted by atomic mass is 32.2. The van der Waals surface area contributed by atoms with Crippen LogP contribution in [0.5, 0.6) is 5.75 Å². The van der Waals surface area contributed by atoms with Gasteiger partial charge in [-0.05, 0) is 72.6 Å². The van der Waals surface area contributed by atoms with Crippen LogP contribution in [0.4, 0.5) is 11.4 Å². The van der Waals surface area contributed by atoms with Crippen LogP contribution < -0.4 is 5.32 Å². The number of amidine groups is 1. The van der Waals surface area contributed by atoms with Crippen molar-refractivity contribution in [2.75, 3.05) is 11.9 Å². The van der Waals surface area contributed by atoms with Crippen LogP contribution in [0.1, 0.15) is 45.1 Å². The summed E-state index contributed by atoms with van der Waals surface area (Å²) in [5, 5.41) is 38.2. The maximum atomic E-state index is 9.44. The van der Waals surface area contributed by atoms with Gasteiger partial charge in [-0.15, -0.1) is 10.2 Å². The first kappa shape index (κ1) is 23.2. The Morgan fingerprint density at radius 1 is 1.10 bits per heavy atom. The molecule has 0 saturated carbocycles. The van der Waals surface area contributed by atoms with Gasteiger partial charge in [0.05, 0.1) is 10.6 Å². The van der Waals surface area contributed by atoms with E-state index >= 15 is 0 Å². The molecule has 0 heterocycles. The first-order chi connectivity index (χ1) is 14.5. The van der Waals surface area contributed by atoms with E-state index in [1.54, 1.807) is 31.2 Å². The molecule has 0 atom stereocenters. The monoisotopic (exact) mass is 421 g/mol. The maximum Gasteiger partial charge on any atom is 0.207 e. The van der Waals surface area contributed by atoms with Crippen LogP contribution in [0.3, 0.4) is 0 Å². The lowest BCUT2D eigenvalue weighted by atomic mass is 10.1. The summed E-state index contributed by atoms with van der Waals surface area (Å²) in [5.74, 6) is 0.164. The Bertz CT molecular complexity index is 928. The van der Waals surface area contributed by atoms with Gasteiger partial charge in [0.1, 0.15) is 11.8 Å². The molecule has 2 rings (SSSR count). The van der Waals surface area contributed by atoms with Crippen LogP contribution in [-0.4, -0.2) is 16.8 Å². The summed E-state index contributed by atoms with van der Waals surface area (Å²) >= 11 is 0.958. The average molecular weight is 422 g/mol. The Kier molecular flexibility index (Phi) is 9.62. The molecule has 0 fully saturated rings. The second-order valence-corrected chi connectivity index (χ2v) is 7.75. The van der Waals surface area contributed by atoms with Gasteiger partial charge in [-0.3, -0.25) is 5.41 Å². The lowest BCUT2D eigenvalue weighted by molar-refractivity contribution is 0.475. The third-order valence-corrected chi connectivity index (χ3v) is 5.30. The molecule has 0 amide bonds. The number of unbranched alkanes of at least 4 members (excludes halogenated alkanes) is 3. The number of benzene rings is 2. The lowest BCUT2D eigenvalue weighted by Gasteiger charge is -2.06. The quantitative estimate of drug-likeness (QED) is 0.132. The summed E-state index contributed by atoms with van der Waals surface area (Å²) in [4.78, 5) is 0.368. The van der Waals surface area contributed by atoms with Gasteiger partial charge in [-0.2, -0.15) is 5.26 Å². The van der Waals surface area contributed by atoms with Crippen molar-refractivity contribution in [2.24, 2.45) is 10.2 Å². The molecule has 30 heavy (non-hydrogen) atoms.